The van der Waals surface area contributed by atoms with Gasteiger partial charge < -0.3 is 14.8 Å². The van der Waals surface area contributed by atoms with Gasteiger partial charge in [-0.25, -0.2) is 4.98 Å². The van der Waals surface area contributed by atoms with Crippen molar-refractivity contribution < 1.29 is 14.3 Å². The van der Waals surface area contributed by atoms with Gasteiger partial charge in [0.05, 0.1) is 23.4 Å². The number of thiophene rings is 1. The zero-order valence-corrected chi connectivity index (χ0v) is 18.6. The van der Waals surface area contributed by atoms with E-state index in [9.17, 15) is 4.79 Å². The molecule has 0 saturated carbocycles. The van der Waals surface area contributed by atoms with E-state index in [-0.39, 0.29) is 18.6 Å². The number of rotatable bonds is 5. The average Bonchev–Trinajstić information content (AvgIpc) is 3.05. The van der Waals surface area contributed by atoms with Crippen LogP contribution in [0.5, 0.6) is 5.88 Å². The molecule has 3 heterocycles. The monoisotopic (exact) mass is 449 g/mol. The van der Waals surface area contributed by atoms with E-state index in [1.807, 2.05) is 25.1 Å². The number of halogens is 1. The molecule has 1 aliphatic heterocycles. The van der Waals surface area contributed by atoms with Crippen molar-refractivity contribution in [3.63, 3.8) is 0 Å². The molecule has 1 atom stereocenters. The van der Waals surface area contributed by atoms with Crippen LogP contribution in [0.3, 0.4) is 0 Å². The minimum absolute atomic E-state index is 0.0703. The van der Waals surface area contributed by atoms with E-state index in [0.717, 1.165) is 33.6 Å². The molecule has 6 nitrogen and oxygen atoms in total. The van der Waals surface area contributed by atoms with E-state index in [2.05, 4.69) is 15.3 Å². The maximum absolute atomic E-state index is 13.2. The number of fused-ring (bicyclic) bond motifs is 2. The van der Waals surface area contributed by atoms with Crippen LogP contribution < -0.4 is 10.1 Å². The van der Waals surface area contributed by atoms with Gasteiger partial charge >= 0.3 is 0 Å². The molecule has 0 unspecified atom stereocenters. The summed E-state index contributed by atoms with van der Waals surface area (Å²) in [5.41, 5.74) is 1.89. The standard InChI is InChI=1S/C20H20ClN3O3S2/c1-10-16-19(27-3)23-15(9-26-2)24-20(16)29-17(10)18(25)22-13-6-7-28-14-5-4-11(21)8-12(13)14/h4-5,8,13H,6-7,9H2,1-3H3,(H,22,25)/t13-/m0/s1. The lowest BCUT2D eigenvalue weighted by Crippen LogP contribution is -2.30. The molecule has 2 aromatic heterocycles. The van der Waals surface area contributed by atoms with Gasteiger partial charge in [0.2, 0.25) is 5.88 Å². The first-order valence-corrected chi connectivity index (χ1v) is 11.3. The molecule has 9 heteroatoms. The first-order valence-electron chi connectivity index (χ1n) is 9.08. The third kappa shape index (κ3) is 3.94. The van der Waals surface area contributed by atoms with Gasteiger partial charge in [0.1, 0.15) is 11.4 Å². The molecule has 0 bridgehead atoms. The molecule has 1 aliphatic rings. The van der Waals surface area contributed by atoms with Crippen LogP contribution in [0.4, 0.5) is 0 Å². The van der Waals surface area contributed by atoms with Crippen LogP contribution in [-0.4, -0.2) is 35.8 Å². The molecule has 1 amide bonds. The van der Waals surface area contributed by atoms with Crippen LogP contribution in [0.1, 0.15) is 39.1 Å². The highest BCUT2D eigenvalue weighted by Gasteiger charge is 2.26. The molecule has 152 valence electrons. The highest BCUT2D eigenvalue weighted by atomic mass is 35.5. The van der Waals surface area contributed by atoms with Gasteiger partial charge in [-0.15, -0.1) is 23.1 Å². The van der Waals surface area contributed by atoms with Crippen molar-refractivity contribution in [2.24, 2.45) is 0 Å². The number of hydrogen-bond donors (Lipinski definition) is 1. The molecular weight excluding hydrogens is 430 g/mol. The molecule has 29 heavy (non-hydrogen) atoms. The van der Waals surface area contributed by atoms with Gasteiger partial charge in [-0.3, -0.25) is 4.79 Å². The van der Waals surface area contributed by atoms with E-state index in [0.29, 0.717) is 26.4 Å². The number of aryl methyl sites for hydroxylation is 1. The van der Waals surface area contributed by atoms with Crippen molar-refractivity contribution in [1.82, 2.24) is 15.3 Å². The van der Waals surface area contributed by atoms with Crippen molar-refractivity contribution in [2.75, 3.05) is 20.0 Å². The molecular formula is C20H20ClN3O3S2. The second-order valence-corrected chi connectivity index (χ2v) is 9.24. The van der Waals surface area contributed by atoms with Crippen molar-refractivity contribution in [3.8, 4) is 5.88 Å². The summed E-state index contributed by atoms with van der Waals surface area (Å²) in [6, 6.07) is 5.77. The molecule has 1 N–H and O–H groups in total. The highest BCUT2D eigenvalue weighted by molar-refractivity contribution is 7.99. The minimum atomic E-state index is -0.122. The van der Waals surface area contributed by atoms with Crippen molar-refractivity contribution in [1.29, 1.82) is 0 Å². The summed E-state index contributed by atoms with van der Waals surface area (Å²) >= 11 is 9.32. The lowest BCUT2D eigenvalue weighted by Gasteiger charge is -2.26. The Morgan fingerprint density at radius 2 is 2.17 bits per heavy atom. The molecule has 0 saturated heterocycles. The predicted molar refractivity (Wildman–Crippen MR) is 116 cm³/mol. The topological polar surface area (TPSA) is 73.3 Å². The summed E-state index contributed by atoms with van der Waals surface area (Å²) in [5, 5.41) is 4.63. The Balaban J connectivity index is 1.68. The number of methoxy groups -OCH3 is 2. The number of aromatic nitrogens is 2. The lowest BCUT2D eigenvalue weighted by atomic mass is 10.0. The number of thioether (sulfide) groups is 1. The fourth-order valence-electron chi connectivity index (χ4n) is 3.44. The number of amides is 1. The predicted octanol–water partition coefficient (Wildman–Crippen LogP) is 4.78. The van der Waals surface area contributed by atoms with Gasteiger partial charge in [-0.1, -0.05) is 11.6 Å². The maximum atomic E-state index is 13.2. The third-order valence-corrected chi connectivity index (χ3v) is 7.34. The minimum Gasteiger partial charge on any atom is -0.480 e. The van der Waals surface area contributed by atoms with Crippen molar-refractivity contribution >= 4 is 50.8 Å². The van der Waals surface area contributed by atoms with E-state index < -0.39 is 0 Å². The molecule has 1 aromatic carbocycles. The summed E-state index contributed by atoms with van der Waals surface area (Å²) < 4.78 is 10.6. The second-order valence-electron chi connectivity index (χ2n) is 6.66. The number of carbonyl (C=O) groups excluding carboxylic acids is 1. The molecule has 0 radical (unpaired) electrons. The van der Waals surface area contributed by atoms with E-state index in [1.165, 1.54) is 11.3 Å². The molecule has 3 aromatic rings. The Kier molecular flexibility index (Phi) is 5.96. The van der Waals surface area contributed by atoms with Crippen LogP contribution in [0.2, 0.25) is 5.02 Å². The second kappa shape index (κ2) is 8.47. The van der Waals surface area contributed by atoms with E-state index in [1.54, 1.807) is 26.0 Å². The quantitative estimate of drug-likeness (QED) is 0.604. The Hall–Kier alpha value is -1.87. The summed E-state index contributed by atoms with van der Waals surface area (Å²) in [4.78, 5) is 24.6. The van der Waals surface area contributed by atoms with Crippen LogP contribution in [0, 0.1) is 6.92 Å². The van der Waals surface area contributed by atoms with E-state index in [4.69, 9.17) is 21.1 Å². The summed E-state index contributed by atoms with van der Waals surface area (Å²) in [6.45, 7) is 2.18. The maximum Gasteiger partial charge on any atom is 0.262 e. The van der Waals surface area contributed by atoms with Crippen LogP contribution in [0.25, 0.3) is 10.2 Å². The number of nitrogens with zero attached hydrogens (tertiary/aromatic N) is 2. The zero-order chi connectivity index (χ0) is 20.5. The van der Waals surface area contributed by atoms with Crippen molar-refractivity contribution in [3.05, 3.63) is 45.1 Å². The first kappa shape index (κ1) is 20.4. The van der Waals surface area contributed by atoms with Gasteiger partial charge in [0.25, 0.3) is 5.91 Å². The molecule has 0 spiro atoms. The Morgan fingerprint density at radius 1 is 1.34 bits per heavy atom. The summed E-state index contributed by atoms with van der Waals surface area (Å²) in [5.74, 6) is 1.81. The number of nitrogens with one attached hydrogen (secondary N) is 1. The fraction of sp³-hybridized carbons (Fsp3) is 0.350. The Labute approximate surface area is 182 Å². The lowest BCUT2D eigenvalue weighted by molar-refractivity contribution is 0.0938. The normalized spacial score (nSPS) is 15.9. The largest absolute Gasteiger partial charge is 0.480 e. The van der Waals surface area contributed by atoms with E-state index >= 15 is 0 Å². The first-order chi connectivity index (χ1) is 14.0. The van der Waals surface area contributed by atoms with Crippen LogP contribution in [-0.2, 0) is 11.3 Å². The SMILES string of the molecule is COCc1nc(OC)c2c(C)c(C(=O)N[C@H]3CCSc4ccc(Cl)cc43)sc2n1. The zero-order valence-electron chi connectivity index (χ0n) is 16.2. The number of benzene rings is 1. The van der Waals surface area contributed by atoms with Crippen molar-refractivity contribution in [2.45, 2.75) is 30.9 Å². The highest BCUT2D eigenvalue weighted by Crippen LogP contribution is 2.39. The molecule has 0 fully saturated rings. The van der Waals surface area contributed by atoms with Crippen LogP contribution in [0.15, 0.2) is 23.1 Å². The Bertz CT molecular complexity index is 1090. The average molecular weight is 450 g/mol. The Morgan fingerprint density at radius 3 is 2.93 bits per heavy atom. The van der Waals surface area contributed by atoms with Gasteiger partial charge in [-0.2, -0.15) is 4.98 Å². The summed E-state index contributed by atoms with van der Waals surface area (Å²) in [7, 11) is 3.15. The summed E-state index contributed by atoms with van der Waals surface area (Å²) in [6.07, 6.45) is 0.856. The number of ether oxygens (including phenoxy) is 2. The number of carbonyl (C=O) groups is 1. The van der Waals surface area contributed by atoms with Gasteiger partial charge in [0, 0.05) is 22.8 Å². The smallest absolute Gasteiger partial charge is 0.262 e. The fourth-order valence-corrected chi connectivity index (χ4v) is 5.82. The van der Waals surface area contributed by atoms with Crippen LogP contribution >= 0.6 is 34.7 Å². The van der Waals surface area contributed by atoms with Gasteiger partial charge in [-0.05, 0) is 42.7 Å². The van der Waals surface area contributed by atoms with Gasteiger partial charge in [0.15, 0.2) is 5.82 Å². The molecule has 0 aliphatic carbocycles. The third-order valence-electron chi connectivity index (χ3n) is 4.79. The number of hydrogen-bond acceptors (Lipinski definition) is 7. The molecule has 4 rings (SSSR count).